The molecule has 5 nitrogen and oxygen atoms in total. The molecule has 1 aliphatic carbocycles. The van der Waals surface area contributed by atoms with Crippen LogP contribution in [0.3, 0.4) is 0 Å². The highest BCUT2D eigenvalue weighted by molar-refractivity contribution is 6.21. The topological polar surface area (TPSA) is 55.2 Å². The lowest BCUT2D eigenvalue weighted by Crippen LogP contribution is -2.42. The number of fused-ring (bicyclic) bond motifs is 1. The molecule has 2 heterocycles. The van der Waals surface area contributed by atoms with Crippen molar-refractivity contribution in [1.29, 1.82) is 0 Å². The van der Waals surface area contributed by atoms with Crippen molar-refractivity contribution >= 4 is 11.8 Å². The van der Waals surface area contributed by atoms with Crippen LogP contribution < -0.4 is 0 Å². The number of aromatic nitrogens is 2. The summed E-state index contributed by atoms with van der Waals surface area (Å²) in [4.78, 5) is 30.7. The van der Waals surface area contributed by atoms with Crippen molar-refractivity contribution in [3.8, 4) is 0 Å². The predicted molar refractivity (Wildman–Crippen MR) is 75.8 cm³/mol. The molecule has 0 bridgehead atoms. The van der Waals surface area contributed by atoms with E-state index in [4.69, 9.17) is 0 Å². The van der Waals surface area contributed by atoms with Gasteiger partial charge in [0.25, 0.3) is 11.8 Å². The first-order valence-corrected chi connectivity index (χ1v) is 7.22. The number of carbonyl (C=O) groups is 2. The van der Waals surface area contributed by atoms with Gasteiger partial charge < -0.3 is 4.57 Å². The molecule has 5 heteroatoms. The lowest BCUT2D eigenvalue weighted by molar-refractivity contribution is 0.0553. The van der Waals surface area contributed by atoms with E-state index in [1.165, 1.54) is 4.90 Å². The van der Waals surface area contributed by atoms with Gasteiger partial charge >= 0.3 is 0 Å². The van der Waals surface area contributed by atoms with Gasteiger partial charge in [0.2, 0.25) is 0 Å². The average molecular weight is 281 g/mol. The van der Waals surface area contributed by atoms with Crippen molar-refractivity contribution in [1.82, 2.24) is 14.5 Å². The zero-order chi connectivity index (χ0) is 14.4. The lowest BCUT2D eigenvalue weighted by atomic mass is 10.1. The minimum Gasteiger partial charge on any atom is -0.332 e. The second kappa shape index (κ2) is 4.55. The van der Waals surface area contributed by atoms with E-state index in [0.29, 0.717) is 11.1 Å². The molecule has 2 atom stereocenters. The van der Waals surface area contributed by atoms with Crippen LogP contribution in [-0.4, -0.2) is 32.3 Å². The SMILES string of the molecule is O=C1c2ccccc2C(=O)N1[C@@H]1CCC[C@@H]1n1ccnc1. The van der Waals surface area contributed by atoms with Gasteiger partial charge in [-0.2, -0.15) is 0 Å². The Morgan fingerprint density at radius 1 is 1.00 bits per heavy atom. The molecule has 0 radical (unpaired) electrons. The summed E-state index contributed by atoms with van der Waals surface area (Å²) in [5.74, 6) is -0.319. The zero-order valence-corrected chi connectivity index (χ0v) is 11.5. The molecule has 1 aromatic carbocycles. The minimum absolute atomic E-state index is 0.0772. The number of amides is 2. The molecule has 0 N–H and O–H groups in total. The van der Waals surface area contributed by atoms with Gasteiger partial charge in [0.1, 0.15) is 0 Å². The molecule has 0 spiro atoms. The number of rotatable bonds is 2. The van der Waals surface area contributed by atoms with Crippen molar-refractivity contribution in [2.45, 2.75) is 31.3 Å². The summed E-state index contributed by atoms with van der Waals surface area (Å²) in [5, 5.41) is 0. The van der Waals surface area contributed by atoms with Gasteiger partial charge in [0.05, 0.1) is 29.5 Å². The van der Waals surface area contributed by atoms with E-state index in [1.807, 2.05) is 10.8 Å². The largest absolute Gasteiger partial charge is 0.332 e. The standard InChI is InChI=1S/C16H15N3O2/c20-15-11-4-1-2-5-12(11)16(21)19(15)14-7-3-6-13(14)18-9-8-17-10-18/h1-2,4-5,8-10,13-14H,3,6-7H2/t13-,14+/m0/s1. The van der Waals surface area contributed by atoms with Crippen molar-refractivity contribution < 1.29 is 9.59 Å². The maximum Gasteiger partial charge on any atom is 0.261 e. The number of benzene rings is 1. The van der Waals surface area contributed by atoms with Crippen molar-refractivity contribution in [2.75, 3.05) is 0 Å². The Bertz CT molecular complexity index is 673. The molecule has 2 aromatic rings. The minimum atomic E-state index is -0.160. The van der Waals surface area contributed by atoms with Crippen molar-refractivity contribution in [3.63, 3.8) is 0 Å². The second-order valence-electron chi connectivity index (χ2n) is 5.60. The van der Waals surface area contributed by atoms with Gasteiger partial charge in [-0.25, -0.2) is 4.98 Å². The molecule has 2 aliphatic rings. The number of nitrogens with zero attached hydrogens (tertiary/aromatic N) is 3. The van der Waals surface area contributed by atoms with Crippen LogP contribution in [0.25, 0.3) is 0 Å². The van der Waals surface area contributed by atoms with E-state index in [0.717, 1.165) is 19.3 Å². The van der Waals surface area contributed by atoms with Crippen LogP contribution in [0.2, 0.25) is 0 Å². The summed E-state index contributed by atoms with van der Waals surface area (Å²) in [6, 6.07) is 7.12. The molecule has 2 amide bonds. The van der Waals surface area contributed by atoms with E-state index in [-0.39, 0.29) is 23.9 Å². The van der Waals surface area contributed by atoms with Crippen LogP contribution >= 0.6 is 0 Å². The Hall–Kier alpha value is -2.43. The molecule has 1 saturated carbocycles. The van der Waals surface area contributed by atoms with Crippen LogP contribution in [0.5, 0.6) is 0 Å². The van der Waals surface area contributed by atoms with Crippen molar-refractivity contribution in [3.05, 3.63) is 54.1 Å². The quantitative estimate of drug-likeness (QED) is 0.793. The molecule has 1 aromatic heterocycles. The van der Waals surface area contributed by atoms with E-state index in [2.05, 4.69) is 4.98 Å². The molecule has 1 fully saturated rings. The van der Waals surface area contributed by atoms with Gasteiger partial charge in [-0.05, 0) is 31.4 Å². The normalized spacial score (nSPS) is 24.7. The second-order valence-corrected chi connectivity index (χ2v) is 5.60. The van der Waals surface area contributed by atoms with Crippen molar-refractivity contribution in [2.24, 2.45) is 0 Å². The monoisotopic (exact) mass is 281 g/mol. The third-order valence-corrected chi connectivity index (χ3v) is 4.51. The molecule has 0 saturated heterocycles. The summed E-state index contributed by atoms with van der Waals surface area (Å²) < 4.78 is 2.02. The first-order valence-electron chi connectivity index (χ1n) is 7.22. The van der Waals surface area contributed by atoms with Gasteiger partial charge in [-0.1, -0.05) is 12.1 Å². The highest BCUT2D eigenvalue weighted by atomic mass is 16.2. The van der Waals surface area contributed by atoms with E-state index in [9.17, 15) is 9.59 Å². The molecular weight excluding hydrogens is 266 g/mol. The third kappa shape index (κ3) is 1.73. The molecule has 0 unspecified atom stereocenters. The van der Waals surface area contributed by atoms with Crippen LogP contribution in [0.1, 0.15) is 46.0 Å². The number of hydrogen-bond donors (Lipinski definition) is 0. The highest BCUT2D eigenvalue weighted by Gasteiger charge is 2.44. The van der Waals surface area contributed by atoms with Gasteiger partial charge in [0, 0.05) is 12.4 Å². The van der Waals surface area contributed by atoms with E-state index < -0.39 is 0 Å². The third-order valence-electron chi connectivity index (χ3n) is 4.51. The van der Waals surface area contributed by atoms with Gasteiger partial charge in [0.15, 0.2) is 0 Å². The fourth-order valence-electron chi connectivity index (χ4n) is 3.54. The predicted octanol–water partition coefficient (Wildman–Crippen LogP) is 2.27. The smallest absolute Gasteiger partial charge is 0.261 e. The first kappa shape index (κ1) is 12.3. The van der Waals surface area contributed by atoms with Crippen LogP contribution in [-0.2, 0) is 0 Å². The maximum atomic E-state index is 12.6. The Labute approximate surface area is 122 Å². The Morgan fingerprint density at radius 3 is 2.29 bits per heavy atom. The Balaban J connectivity index is 1.71. The fourth-order valence-corrected chi connectivity index (χ4v) is 3.54. The number of hydrogen-bond acceptors (Lipinski definition) is 3. The maximum absolute atomic E-state index is 12.6. The summed E-state index contributed by atoms with van der Waals surface area (Å²) in [6.07, 6.45) is 8.24. The van der Waals surface area contributed by atoms with E-state index in [1.54, 1.807) is 36.8 Å². The molecule has 21 heavy (non-hydrogen) atoms. The summed E-state index contributed by atoms with van der Waals surface area (Å²) >= 11 is 0. The number of imide groups is 1. The molecule has 1 aliphatic heterocycles. The lowest BCUT2D eigenvalue weighted by Gasteiger charge is -2.28. The average Bonchev–Trinajstić information content (AvgIpc) is 3.21. The van der Waals surface area contributed by atoms with E-state index >= 15 is 0 Å². The van der Waals surface area contributed by atoms with Crippen LogP contribution in [0.15, 0.2) is 43.0 Å². The Morgan fingerprint density at radius 2 is 1.67 bits per heavy atom. The summed E-state index contributed by atoms with van der Waals surface area (Å²) in [6.45, 7) is 0. The highest BCUT2D eigenvalue weighted by Crippen LogP contribution is 2.37. The molecule has 106 valence electrons. The number of imidazole rings is 1. The first-order chi connectivity index (χ1) is 10.3. The summed E-state index contributed by atoms with van der Waals surface area (Å²) in [5.41, 5.74) is 1.05. The van der Waals surface area contributed by atoms with Crippen LogP contribution in [0.4, 0.5) is 0 Å². The fraction of sp³-hybridized carbons (Fsp3) is 0.312. The summed E-state index contributed by atoms with van der Waals surface area (Å²) in [7, 11) is 0. The molecule has 4 rings (SSSR count). The molecular formula is C16H15N3O2. The number of carbonyl (C=O) groups excluding carboxylic acids is 2. The van der Waals surface area contributed by atoms with Crippen LogP contribution in [0, 0.1) is 0 Å². The van der Waals surface area contributed by atoms with Gasteiger partial charge in [-0.15, -0.1) is 0 Å². The zero-order valence-electron chi connectivity index (χ0n) is 11.5. The Kier molecular flexibility index (Phi) is 2.67. The van der Waals surface area contributed by atoms with Gasteiger partial charge in [-0.3, -0.25) is 14.5 Å².